The summed E-state index contributed by atoms with van der Waals surface area (Å²) < 4.78 is 0. The number of nitrogens with zero attached hydrogens (tertiary/aromatic N) is 1. The lowest BCUT2D eigenvalue weighted by Gasteiger charge is -1.98. The molecule has 0 amide bonds. The summed E-state index contributed by atoms with van der Waals surface area (Å²) in [6.07, 6.45) is 5.68. The van der Waals surface area contributed by atoms with Crippen molar-refractivity contribution < 1.29 is 0 Å². The molecule has 0 spiro atoms. The Kier molecular flexibility index (Phi) is 2.15. The van der Waals surface area contributed by atoms with Crippen LogP contribution in [0.1, 0.15) is 35.6 Å². The van der Waals surface area contributed by atoms with Gasteiger partial charge in [0.2, 0.25) is 0 Å². The Morgan fingerprint density at radius 3 is 3.08 bits per heavy atom. The van der Waals surface area contributed by atoms with Gasteiger partial charge in [0.15, 0.2) is 0 Å². The number of thiazole rings is 1. The SMILES string of the molecule is CC(N)Cc1ncc(C2CC2)s1. The third kappa shape index (κ3) is 1.84. The summed E-state index contributed by atoms with van der Waals surface area (Å²) in [4.78, 5) is 5.82. The molecule has 1 fully saturated rings. The lowest BCUT2D eigenvalue weighted by atomic mass is 10.3. The molecule has 2 rings (SSSR count). The van der Waals surface area contributed by atoms with Crippen molar-refractivity contribution in [1.29, 1.82) is 0 Å². The maximum Gasteiger partial charge on any atom is 0.0943 e. The summed E-state index contributed by atoms with van der Waals surface area (Å²) in [6.45, 7) is 2.03. The Hall–Kier alpha value is -0.410. The van der Waals surface area contributed by atoms with E-state index in [1.807, 2.05) is 24.5 Å². The maximum atomic E-state index is 5.69. The summed E-state index contributed by atoms with van der Waals surface area (Å²) >= 11 is 1.84. The van der Waals surface area contributed by atoms with Crippen LogP contribution in [0.25, 0.3) is 0 Å². The van der Waals surface area contributed by atoms with Crippen molar-refractivity contribution in [3.8, 4) is 0 Å². The fourth-order valence-corrected chi connectivity index (χ4v) is 2.48. The van der Waals surface area contributed by atoms with Crippen molar-refractivity contribution in [2.75, 3.05) is 0 Å². The van der Waals surface area contributed by atoms with Gasteiger partial charge in [-0.05, 0) is 25.7 Å². The number of aromatic nitrogens is 1. The second-order valence-electron chi connectivity index (χ2n) is 3.61. The van der Waals surface area contributed by atoms with E-state index >= 15 is 0 Å². The molecule has 0 aromatic carbocycles. The highest BCUT2D eigenvalue weighted by Gasteiger charge is 2.25. The van der Waals surface area contributed by atoms with E-state index in [1.54, 1.807) is 0 Å². The Morgan fingerprint density at radius 1 is 1.75 bits per heavy atom. The van der Waals surface area contributed by atoms with Gasteiger partial charge in [-0.15, -0.1) is 11.3 Å². The maximum absolute atomic E-state index is 5.69. The molecule has 0 saturated heterocycles. The van der Waals surface area contributed by atoms with E-state index in [0.29, 0.717) is 0 Å². The van der Waals surface area contributed by atoms with Crippen LogP contribution in [-0.4, -0.2) is 11.0 Å². The van der Waals surface area contributed by atoms with E-state index in [9.17, 15) is 0 Å². The van der Waals surface area contributed by atoms with Crippen molar-refractivity contribution in [2.45, 2.75) is 38.1 Å². The predicted octanol–water partition coefficient (Wildman–Crippen LogP) is 1.91. The first-order valence-electron chi connectivity index (χ1n) is 4.46. The number of rotatable bonds is 3. The highest BCUT2D eigenvalue weighted by molar-refractivity contribution is 7.11. The monoisotopic (exact) mass is 182 g/mol. The molecule has 1 saturated carbocycles. The molecule has 1 aromatic heterocycles. The molecule has 2 N–H and O–H groups in total. The minimum atomic E-state index is 0.239. The first-order chi connectivity index (χ1) is 5.75. The highest BCUT2D eigenvalue weighted by atomic mass is 32.1. The zero-order chi connectivity index (χ0) is 8.55. The lowest BCUT2D eigenvalue weighted by molar-refractivity contribution is 0.734. The second-order valence-corrected chi connectivity index (χ2v) is 4.76. The Bertz CT molecular complexity index is 263. The van der Waals surface area contributed by atoms with Crippen LogP contribution in [0.3, 0.4) is 0 Å². The molecule has 1 atom stereocenters. The molecule has 0 aliphatic heterocycles. The van der Waals surface area contributed by atoms with Gasteiger partial charge in [0.05, 0.1) is 5.01 Å². The summed E-state index contributed by atoms with van der Waals surface area (Å²) in [5.41, 5.74) is 5.69. The molecule has 1 aliphatic carbocycles. The zero-order valence-corrected chi connectivity index (χ0v) is 8.10. The molecule has 0 radical (unpaired) electrons. The molecule has 2 nitrogen and oxygen atoms in total. The van der Waals surface area contributed by atoms with Gasteiger partial charge >= 0.3 is 0 Å². The molecule has 1 aliphatic rings. The van der Waals surface area contributed by atoms with Gasteiger partial charge in [-0.1, -0.05) is 0 Å². The van der Waals surface area contributed by atoms with E-state index in [-0.39, 0.29) is 6.04 Å². The standard InChI is InChI=1S/C9H14N2S/c1-6(10)4-9-11-5-8(12-9)7-2-3-7/h5-7H,2-4,10H2,1H3. The fourth-order valence-electron chi connectivity index (χ4n) is 1.25. The third-order valence-corrected chi connectivity index (χ3v) is 3.23. The van der Waals surface area contributed by atoms with Crippen LogP contribution < -0.4 is 5.73 Å². The van der Waals surface area contributed by atoms with Crippen molar-refractivity contribution in [1.82, 2.24) is 4.98 Å². The van der Waals surface area contributed by atoms with Crippen LogP contribution in [-0.2, 0) is 6.42 Å². The average molecular weight is 182 g/mol. The first-order valence-corrected chi connectivity index (χ1v) is 5.27. The Balaban J connectivity index is 2.03. The van der Waals surface area contributed by atoms with E-state index < -0.39 is 0 Å². The highest BCUT2D eigenvalue weighted by Crippen LogP contribution is 2.42. The molecule has 1 unspecified atom stereocenters. The third-order valence-electron chi connectivity index (χ3n) is 2.05. The van der Waals surface area contributed by atoms with E-state index in [4.69, 9.17) is 5.73 Å². The zero-order valence-electron chi connectivity index (χ0n) is 7.29. The smallest absolute Gasteiger partial charge is 0.0943 e. The van der Waals surface area contributed by atoms with Crippen LogP contribution >= 0.6 is 11.3 Å². The van der Waals surface area contributed by atoms with Crippen LogP contribution in [0.2, 0.25) is 0 Å². The van der Waals surface area contributed by atoms with Gasteiger partial charge in [0.1, 0.15) is 0 Å². The van der Waals surface area contributed by atoms with Crippen molar-refractivity contribution >= 4 is 11.3 Å². The molecule has 1 heterocycles. The van der Waals surface area contributed by atoms with Crippen molar-refractivity contribution in [3.63, 3.8) is 0 Å². The molecule has 12 heavy (non-hydrogen) atoms. The second kappa shape index (κ2) is 3.15. The van der Waals surface area contributed by atoms with Crippen molar-refractivity contribution in [2.24, 2.45) is 5.73 Å². The molecular formula is C9H14N2S. The number of nitrogens with two attached hydrogens (primary N) is 1. The van der Waals surface area contributed by atoms with E-state index in [2.05, 4.69) is 4.98 Å². The minimum absolute atomic E-state index is 0.239. The first kappa shape index (κ1) is 8.20. The summed E-state index contributed by atoms with van der Waals surface area (Å²) in [7, 11) is 0. The van der Waals surface area contributed by atoms with Gasteiger partial charge in [-0.25, -0.2) is 4.98 Å². The van der Waals surface area contributed by atoms with Gasteiger partial charge in [-0.3, -0.25) is 0 Å². The molecule has 1 aromatic rings. The molecule has 3 heteroatoms. The van der Waals surface area contributed by atoms with Gasteiger partial charge in [0, 0.05) is 23.5 Å². The van der Waals surface area contributed by atoms with E-state index in [1.165, 1.54) is 22.7 Å². The Morgan fingerprint density at radius 2 is 2.50 bits per heavy atom. The summed E-state index contributed by atoms with van der Waals surface area (Å²) in [6, 6.07) is 0.239. The predicted molar refractivity (Wildman–Crippen MR) is 51.4 cm³/mol. The molecule has 0 bridgehead atoms. The quantitative estimate of drug-likeness (QED) is 0.775. The Labute approximate surface area is 76.8 Å². The normalized spacial score (nSPS) is 19.5. The lowest BCUT2D eigenvalue weighted by Crippen LogP contribution is -2.17. The van der Waals surface area contributed by atoms with Gasteiger partial charge < -0.3 is 5.73 Å². The van der Waals surface area contributed by atoms with Crippen LogP contribution in [0.4, 0.5) is 0 Å². The van der Waals surface area contributed by atoms with Crippen LogP contribution in [0, 0.1) is 0 Å². The topological polar surface area (TPSA) is 38.9 Å². The van der Waals surface area contributed by atoms with Crippen molar-refractivity contribution in [3.05, 3.63) is 16.1 Å². The van der Waals surface area contributed by atoms with Gasteiger partial charge in [0.25, 0.3) is 0 Å². The van der Waals surface area contributed by atoms with Gasteiger partial charge in [-0.2, -0.15) is 0 Å². The van der Waals surface area contributed by atoms with Crippen LogP contribution in [0.15, 0.2) is 6.20 Å². The molecule has 66 valence electrons. The number of hydrogen-bond acceptors (Lipinski definition) is 3. The average Bonchev–Trinajstić information content (AvgIpc) is 2.73. The molecular weight excluding hydrogens is 168 g/mol. The minimum Gasteiger partial charge on any atom is -0.328 e. The van der Waals surface area contributed by atoms with E-state index in [0.717, 1.165) is 12.3 Å². The van der Waals surface area contributed by atoms with Crippen LogP contribution in [0.5, 0.6) is 0 Å². The fraction of sp³-hybridized carbons (Fsp3) is 0.667. The largest absolute Gasteiger partial charge is 0.328 e. The summed E-state index contributed by atoms with van der Waals surface area (Å²) in [5.74, 6) is 0.837. The number of hydrogen-bond donors (Lipinski definition) is 1. The summed E-state index contributed by atoms with van der Waals surface area (Å²) in [5, 5.41) is 1.20.